The monoisotopic (exact) mass is 964 g/mol. The van der Waals surface area contributed by atoms with Crippen LogP contribution in [0.4, 0.5) is 34.1 Å². The minimum Gasteiger partial charge on any atom is -0.311 e. The molecule has 0 unspecified atom stereocenters. The van der Waals surface area contributed by atoms with Gasteiger partial charge >= 0.3 is 0 Å². The Bertz CT molecular complexity index is 4310. The Hall–Kier alpha value is -9.44. The second-order valence-corrected chi connectivity index (χ2v) is 21.7. The lowest BCUT2D eigenvalue weighted by Crippen LogP contribution is -2.61. The van der Waals surface area contributed by atoms with Gasteiger partial charge in [0.05, 0.1) is 0 Å². The van der Waals surface area contributed by atoms with Crippen molar-refractivity contribution in [2.45, 2.75) is 19.3 Å². The fraction of sp³-hybridized carbons (Fsp3) is 0.0411. The van der Waals surface area contributed by atoms with Crippen molar-refractivity contribution in [3.63, 3.8) is 0 Å². The first-order valence-corrected chi connectivity index (χ1v) is 26.7. The summed E-state index contributed by atoms with van der Waals surface area (Å²) in [6.07, 6.45) is 0. The lowest BCUT2D eigenvalue weighted by atomic mass is 9.33. The average Bonchev–Trinajstić information content (AvgIpc) is 3.88. The number of hydrogen-bond acceptors (Lipinski definition) is 2. The van der Waals surface area contributed by atoms with Gasteiger partial charge in [-0.15, -0.1) is 0 Å². The molecule has 3 aliphatic rings. The summed E-state index contributed by atoms with van der Waals surface area (Å²) in [4.78, 5) is 5.18. The molecule has 0 amide bonds. The van der Waals surface area contributed by atoms with Crippen LogP contribution in [-0.2, 0) is 5.41 Å². The zero-order valence-corrected chi connectivity index (χ0v) is 42.3. The number of anilines is 6. The predicted molar refractivity (Wildman–Crippen MR) is 324 cm³/mol. The van der Waals surface area contributed by atoms with E-state index in [1.807, 2.05) is 0 Å². The Morgan fingerprint density at radius 1 is 0.289 bits per heavy atom. The molecule has 13 aromatic carbocycles. The van der Waals surface area contributed by atoms with Crippen molar-refractivity contribution < 1.29 is 0 Å². The molecule has 0 N–H and O–H groups in total. The molecule has 16 rings (SSSR count). The molecule has 0 saturated carbocycles. The van der Waals surface area contributed by atoms with Crippen LogP contribution in [0.25, 0.3) is 87.6 Å². The van der Waals surface area contributed by atoms with E-state index in [-0.39, 0.29) is 12.1 Å². The van der Waals surface area contributed by atoms with E-state index in [4.69, 9.17) is 0 Å². The molecule has 1 aliphatic carbocycles. The zero-order chi connectivity index (χ0) is 50.2. The van der Waals surface area contributed by atoms with E-state index in [1.165, 1.54) is 138 Å². The number of rotatable bonds is 5. The first-order valence-electron chi connectivity index (χ1n) is 26.7. The summed E-state index contributed by atoms with van der Waals surface area (Å²) in [6, 6.07) is 98.4. The van der Waals surface area contributed by atoms with Gasteiger partial charge in [-0.1, -0.05) is 202 Å². The van der Waals surface area contributed by atoms with E-state index in [0.29, 0.717) is 0 Å². The van der Waals surface area contributed by atoms with Gasteiger partial charge < -0.3 is 9.80 Å². The summed E-state index contributed by atoms with van der Waals surface area (Å²) >= 11 is 0. The number of hydrogen-bond donors (Lipinski definition) is 0. The Morgan fingerprint density at radius 3 is 1.17 bits per heavy atom. The predicted octanol–water partition coefficient (Wildman–Crippen LogP) is 17.7. The van der Waals surface area contributed by atoms with Crippen LogP contribution in [0.5, 0.6) is 0 Å². The highest BCUT2D eigenvalue weighted by atomic mass is 15.2. The van der Waals surface area contributed by atoms with Crippen LogP contribution in [0, 0.1) is 0 Å². The first kappa shape index (κ1) is 43.0. The average molecular weight is 965 g/mol. The van der Waals surface area contributed by atoms with Crippen molar-refractivity contribution in [3.8, 4) is 44.5 Å². The van der Waals surface area contributed by atoms with Crippen molar-refractivity contribution in [1.82, 2.24) is 0 Å². The number of nitrogens with zero attached hydrogens (tertiary/aromatic N) is 2. The molecule has 2 aliphatic heterocycles. The largest absolute Gasteiger partial charge is 0.311 e. The van der Waals surface area contributed by atoms with Gasteiger partial charge in [0, 0.05) is 39.5 Å². The molecule has 0 saturated heterocycles. The Labute approximate surface area is 443 Å². The number of fused-ring (bicyclic) bond motifs is 11. The molecule has 13 aromatic rings. The highest BCUT2D eigenvalue weighted by Gasteiger charge is 2.45. The maximum absolute atomic E-state index is 2.59. The van der Waals surface area contributed by atoms with Gasteiger partial charge in [0.15, 0.2) is 0 Å². The smallest absolute Gasteiger partial charge is 0.252 e. The van der Waals surface area contributed by atoms with Gasteiger partial charge in [0.1, 0.15) is 0 Å². The maximum Gasteiger partial charge on any atom is 0.252 e. The third-order valence-corrected chi connectivity index (χ3v) is 17.1. The van der Waals surface area contributed by atoms with Gasteiger partial charge in [-0.3, -0.25) is 0 Å². The topological polar surface area (TPSA) is 6.48 Å². The van der Waals surface area contributed by atoms with E-state index >= 15 is 0 Å². The van der Waals surface area contributed by atoms with Crippen molar-refractivity contribution in [3.05, 3.63) is 272 Å². The molecule has 0 bridgehead atoms. The molecule has 0 atom stereocenters. The molecule has 3 heteroatoms. The SMILES string of the molecule is CC1(C)c2ccccc2-c2c(-c3cc4c5c(c3)N(c3ccc(-c6ccccc6)cc3)c3cc6cc7ccccc7cc6cc3B5c3cc5cc6ccccc6cc5cc3N4c3ccc(-c4ccccc4)cc3)cccc21. The van der Waals surface area contributed by atoms with E-state index in [0.717, 1.165) is 11.4 Å². The van der Waals surface area contributed by atoms with Gasteiger partial charge in [-0.2, -0.15) is 0 Å². The fourth-order valence-electron chi connectivity index (χ4n) is 13.4. The van der Waals surface area contributed by atoms with Gasteiger partial charge in [0.2, 0.25) is 0 Å². The second kappa shape index (κ2) is 16.3. The standard InChI is InChI=1S/C73H49BN2/c1-73(2)63-26-14-13-24-62(63)71-61(25-15-27-64(71)73)58-44-69-72-70(45-58)76(60-34-30-49(31-35-60)47-18-7-4-8-19-47)68-43-57-39-53-23-12-10-21-51(53)37-55(57)41-66(68)74(72)65-40-54-36-50-20-9-11-22-52(50)38-56(54)42-67(65)75(69)59-32-28-48(29-33-59)46-16-5-3-6-17-46/h3-45H,1-2H3. The van der Waals surface area contributed by atoms with Gasteiger partial charge in [-0.25, -0.2) is 0 Å². The van der Waals surface area contributed by atoms with Gasteiger partial charge in [-0.05, 0) is 188 Å². The molecule has 0 aromatic heterocycles. The normalized spacial score (nSPS) is 13.7. The van der Waals surface area contributed by atoms with Crippen LogP contribution >= 0.6 is 0 Å². The van der Waals surface area contributed by atoms with Crippen LogP contribution in [0.3, 0.4) is 0 Å². The molecule has 2 heterocycles. The minimum atomic E-state index is -0.150. The summed E-state index contributed by atoms with van der Waals surface area (Å²) < 4.78 is 0. The summed E-state index contributed by atoms with van der Waals surface area (Å²) in [7, 11) is 0. The minimum absolute atomic E-state index is 0.0865. The molecule has 76 heavy (non-hydrogen) atoms. The second-order valence-electron chi connectivity index (χ2n) is 21.7. The fourth-order valence-corrected chi connectivity index (χ4v) is 13.4. The van der Waals surface area contributed by atoms with Crippen LogP contribution in [0.2, 0.25) is 0 Å². The Morgan fingerprint density at radius 2 is 0.684 bits per heavy atom. The highest BCUT2D eigenvalue weighted by Crippen LogP contribution is 2.54. The van der Waals surface area contributed by atoms with Crippen molar-refractivity contribution in [2.24, 2.45) is 0 Å². The molecule has 2 nitrogen and oxygen atoms in total. The summed E-state index contributed by atoms with van der Waals surface area (Å²) in [5, 5.41) is 9.92. The van der Waals surface area contributed by atoms with Crippen molar-refractivity contribution in [1.29, 1.82) is 0 Å². The Balaban J connectivity index is 1.03. The van der Waals surface area contributed by atoms with E-state index in [9.17, 15) is 0 Å². The molecule has 0 fully saturated rings. The van der Waals surface area contributed by atoms with E-state index < -0.39 is 0 Å². The first-order chi connectivity index (χ1) is 37.4. The molecular weight excluding hydrogens is 916 g/mol. The summed E-state index contributed by atoms with van der Waals surface area (Å²) in [5.41, 5.74) is 23.4. The van der Waals surface area contributed by atoms with E-state index in [1.54, 1.807) is 0 Å². The summed E-state index contributed by atoms with van der Waals surface area (Å²) in [5.74, 6) is 0. The van der Waals surface area contributed by atoms with Crippen LogP contribution in [-0.4, -0.2) is 6.71 Å². The molecular formula is C73H49BN2. The molecule has 354 valence electrons. The maximum atomic E-state index is 2.59. The molecule has 0 spiro atoms. The highest BCUT2D eigenvalue weighted by molar-refractivity contribution is 7.00. The third kappa shape index (κ3) is 6.42. The zero-order valence-electron chi connectivity index (χ0n) is 42.3. The van der Waals surface area contributed by atoms with Crippen LogP contribution < -0.4 is 26.2 Å². The lowest BCUT2D eigenvalue weighted by Gasteiger charge is -2.45. The lowest BCUT2D eigenvalue weighted by molar-refractivity contribution is 0.660. The quantitative estimate of drug-likeness (QED) is 0.125. The summed E-state index contributed by atoms with van der Waals surface area (Å²) in [6.45, 7) is 4.69. The number of benzene rings is 13. The van der Waals surface area contributed by atoms with Crippen LogP contribution in [0.1, 0.15) is 25.0 Å². The third-order valence-electron chi connectivity index (χ3n) is 17.1. The molecule has 0 radical (unpaired) electrons. The van der Waals surface area contributed by atoms with Crippen molar-refractivity contribution in [2.75, 3.05) is 9.80 Å². The Kier molecular flexibility index (Phi) is 9.21. The van der Waals surface area contributed by atoms with Gasteiger partial charge in [0.25, 0.3) is 6.71 Å². The van der Waals surface area contributed by atoms with Crippen LogP contribution in [0.15, 0.2) is 261 Å². The van der Waals surface area contributed by atoms with Crippen molar-refractivity contribution >= 4 is 100 Å². The van der Waals surface area contributed by atoms with E-state index in [2.05, 4.69) is 285 Å².